The molecule has 0 saturated carbocycles. The van der Waals surface area contributed by atoms with Crippen molar-refractivity contribution in [1.29, 1.82) is 0 Å². The molecule has 0 saturated heterocycles. The number of benzene rings is 3. The second-order valence-corrected chi connectivity index (χ2v) is 10.5. The van der Waals surface area contributed by atoms with Gasteiger partial charge < -0.3 is 7.43 Å². The van der Waals surface area contributed by atoms with E-state index in [1.807, 2.05) is 30.3 Å². The molecular formula is C36H46Cl2Zr-4. The molecule has 3 heteroatoms. The topological polar surface area (TPSA) is 0 Å². The molecule has 5 rings (SSSR count). The minimum absolute atomic E-state index is 0. The Hall–Kier alpha value is -1.53. The predicted molar refractivity (Wildman–Crippen MR) is 175 cm³/mol. The summed E-state index contributed by atoms with van der Waals surface area (Å²) in [5.74, 6) is 0.573. The van der Waals surface area contributed by atoms with Gasteiger partial charge in [-0.05, 0) is 37.0 Å². The molecule has 0 fully saturated rings. The van der Waals surface area contributed by atoms with Crippen molar-refractivity contribution in [3.63, 3.8) is 0 Å². The van der Waals surface area contributed by atoms with Gasteiger partial charge in [-0.2, -0.15) is 71.3 Å². The Morgan fingerprint density at radius 3 is 1.87 bits per heavy atom. The first-order chi connectivity index (χ1) is 17.1. The van der Waals surface area contributed by atoms with Gasteiger partial charge in [0.1, 0.15) is 0 Å². The number of fused-ring (bicyclic) bond motifs is 3. The summed E-state index contributed by atoms with van der Waals surface area (Å²) in [7, 11) is 0. The second-order valence-electron chi connectivity index (χ2n) is 10.5. The van der Waals surface area contributed by atoms with Crippen LogP contribution in [-0.2, 0) is 30.7 Å². The first-order valence-electron chi connectivity index (χ1n) is 12.8. The molecule has 0 aromatic heterocycles. The summed E-state index contributed by atoms with van der Waals surface area (Å²) in [5, 5.41) is 0. The summed E-state index contributed by atoms with van der Waals surface area (Å²) in [4.78, 5) is 0. The molecule has 1 atom stereocenters. The fourth-order valence-corrected chi connectivity index (χ4v) is 4.20. The van der Waals surface area contributed by atoms with Crippen molar-refractivity contribution >= 4 is 29.0 Å². The molecule has 0 bridgehead atoms. The number of hydrogen-bond donors (Lipinski definition) is 0. The van der Waals surface area contributed by atoms with Gasteiger partial charge in [0.15, 0.2) is 0 Å². The average molecular weight is 641 g/mol. The first kappa shape index (κ1) is 39.6. The Labute approximate surface area is 267 Å². The molecule has 0 aliphatic heterocycles. The first-order valence-corrected chi connectivity index (χ1v) is 14.5. The fraction of sp³-hybridized carbons (Fsp3) is 0.333. The largest absolute Gasteiger partial charge is 0.358 e. The molecule has 3 aromatic carbocycles. The molecule has 0 heterocycles. The third-order valence-electron chi connectivity index (χ3n) is 6.74. The molecule has 39 heavy (non-hydrogen) atoms. The summed E-state index contributed by atoms with van der Waals surface area (Å²) in [5.41, 5.74) is 12.8. The van der Waals surface area contributed by atoms with Crippen LogP contribution >= 0.6 is 24.8 Å². The van der Waals surface area contributed by atoms with Crippen LogP contribution in [0.4, 0.5) is 0 Å². The maximum atomic E-state index is 3.54. The SMILES string of the molecule is CCC1[C-]=CC(C(C)(C)C)=C1.Cc1[c-]c2c(cc1C)-c1cc(C)c(C)cc1C2.Cl.Cl.[CH2]=[Zr].[CH3-].[c-]1ccccc1. The summed E-state index contributed by atoms with van der Waals surface area (Å²) in [6, 6.07) is 23.0. The monoisotopic (exact) mass is 638 g/mol. The van der Waals surface area contributed by atoms with Crippen molar-refractivity contribution < 1.29 is 24.2 Å². The van der Waals surface area contributed by atoms with Crippen LogP contribution in [0.2, 0.25) is 0 Å². The van der Waals surface area contributed by atoms with Crippen LogP contribution in [-0.4, -0.2) is 4.21 Å². The zero-order valence-electron chi connectivity index (χ0n) is 25.3. The van der Waals surface area contributed by atoms with Gasteiger partial charge in [0.05, 0.1) is 0 Å². The molecule has 0 nitrogen and oxygen atoms in total. The summed E-state index contributed by atoms with van der Waals surface area (Å²) in [6.45, 7) is 17.6. The molecule has 0 radical (unpaired) electrons. The van der Waals surface area contributed by atoms with Crippen LogP contribution in [0.1, 0.15) is 67.5 Å². The van der Waals surface area contributed by atoms with Crippen LogP contribution in [0.15, 0.2) is 66.3 Å². The molecule has 0 spiro atoms. The standard InChI is InChI=1S/C17H17.C11H17.C6H5.CH3.CH2.2ClH.Zr/c1-10-5-14-9-15-6-11(2)13(4)8-17(15)16(14)7-12(10)3;1-5-9-6-7-10(8-9)11(2,3)4;1-2-4-6-5-3-1;;;;;/h5,7-8H,9H2,1-4H3;7-9H,5H2,1-4H3;1-5H;1H3;1H2;2*1H;/q4*-1;;;;. The van der Waals surface area contributed by atoms with Crippen LogP contribution in [0.25, 0.3) is 11.1 Å². The minimum atomic E-state index is 0. The van der Waals surface area contributed by atoms with E-state index in [1.165, 1.54) is 80.7 Å². The van der Waals surface area contributed by atoms with Gasteiger partial charge in [0.2, 0.25) is 0 Å². The number of allylic oxidation sites excluding steroid dienone is 4. The fourth-order valence-electron chi connectivity index (χ4n) is 4.20. The van der Waals surface area contributed by atoms with E-state index in [-0.39, 0.29) is 32.2 Å². The number of rotatable bonds is 1. The van der Waals surface area contributed by atoms with Crippen molar-refractivity contribution in [1.82, 2.24) is 0 Å². The van der Waals surface area contributed by atoms with E-state index in [9.17, 15) is 0 Å². The number of aryl methyl sites for hydroxylation is 4. The van der Waals surface area contributed by atoms with Gasteiger partial charge in [-0.15, -0.1) is 35.9 Å². The molecule has 0 amide bonds. The van der Waals surface area contributed by atoms with E-state index in [2.05, 4.69) is 108 Å². The van der Waals surface area contributed by atoms with Crippen LogP contribution in [0, 0.1) is 64.7 Å². The average Bonchev–Trinajstić information content (AvgIpc) is 3.48. The van der Waals surface area contributed by atoms with Crippen LogP contribution in [0.3, 0.4) is 0 Å². The summed E-state index contributed by atoms with van der Waals surface area (Å²) < 4.78 is 3.34. The van der Waals surface area contributed by atoms with Crippen LogP contribution < -0.4 is 0 Å². The minimum Gasteiger partial charge on any atom is -0.358 e. The third-order valence-corrected chi connectivity index (χ3v) is 6.74. The van der Waals surface area contributed by atoms with Gasteiger partial charge in [0.25, 0.3) is 0 Å². The van der Waals surface area contributed by atoms with Crippen LogP contribution in [0.5, 0.6) is 0 Å². The van der Waals surface area contributed by atoms with Gasteiger partial charge >= 0.3 is 28.4 Å². The molecule has 0 N–H and O–H groups in total. The van der Waals surface area contributed by atoms with E-state index >= 15 is 0 Å². The van der Waals surface area contributed by atoms with Crippen molar-refractivity contribution in [2.24, 2.45) is 11.3 Å². The number of hydrogen-bond acceptors (Lipinski definition) is 0. The maximum Gasteiger partial charge on any atom is -0.171 e. The van der Waals surface area contributed by atoms with E-state index in [0.717, 1.165) is 6.42 Å². The molecule has 1 unspecified atom stereocenters. The quantitative estimate of drug-likeness (QED) is 0.182. The molecule has 2 aliphatic rings. The van der Waals surface area contributed by atoms with Crippen molar-refractivity contribution in [2.75, 3.05) is 0 Å². The Morgan fingerprint density at radius 1 is 0.872 bits per heavy atom. The third kappa shape index (κ3) is 11.5. The van der Waals surface area contributed by atoms with Gasteiger partial charge in [-0.1, -0.05) is 77.0 Å². The zero-order valence-corrected chi connectivity index (χ0v) is 29.4. The molecular weight excluding hydrogens is 595 g/mol. The Morgan fingerprint density at radius 2 is 1.44 bits per heavy atom. The zero-order chi connectivity index (χ0) is 26.9. The second kappa shape index (κ2) is 18.8. The smallest absolute Gasteiger partial charge is 0.171 e. The molecule has 2 aliphatic carbocycles. The van der Waals surface area contributed by atoms with Gasteiger partial charge in [0, 0.05) is 0 Å². The molecule has 3 aromatic rings. The maximum absolute atomic E-state index is 3.54. The van der Waals surface area contributed by atoms with Crippen molar-refractivity contribution in [3.8, 4) is 11.1 Å². The Kier molecular flexibility index (Phi) is 19.0. The predicted octanol–water partition coefficient (Wildman–Crippen LogP) is 10.4. The van der Waals surface area contributed by atoms with Gasteiger partial charge in [-0.25, -0.2) is 6.08 Å². The summed E-state index contributed by atoms with van der Waals surface area (Å²) in [6.07, 6.45) is 10.1. The summed E-state index contributed by atoms with van der Waals surface area (Å²) >= 11 is 1.30. The Balaban J connectivity index is 0. The van der Waals surface area contributed by atoms with Crippen molar-refractivity contribution in [2.45, 2.75) is 68.2 Å². The van der Waals surface area contributed by atoms with E-state index < -0.39 is 0 Å². The van der Waals surface area contributed by atoms with E-state index in [1.54, 1.807) is 0 Å². The molecule has 212 valence electrons. The number of halogens is 2. The normalized spacial score (nSPS) is 13.5. The van der Waals surface area contributed by atoms with E-state index in [4.69, 9.17) is 0 Å². The van der Waals surface area contributed by atoms with Crippen molar-refractivity contribution in [3.05, 3.63) is 125 Å². The van der Waals surface area contributed by atoms with E-state index in [0.29, 0.717) is 11.3 Å². The van der Waals surface area contributed by atoms with Gasteiger partial charge in [-0.3, -0.25) is 6.08 Å². The Bertz CT molecular complexity index is 1120.